The third-order valence-electron chi connectivity index (χ3n) is 4.44. The van der Waals surface area contributed by atoms with E-state index in [2.05, 4.69) is 10.6 Å². The van der Waals surface area contributed by atoms with E-state index in [1.807, 2.05) is 30.3 Å². The minimum absolute atomic E-state index is 0.0741. The highest BCUT2D eigenvalue weighted by Gasteiger charge is 2.37. The van der Waals surface area contributed by atoms with Crippen LogP contribution in [0.3, 0.4) is 0 Å². The Balaban J connectivity index is 1.58. The Bertz CT molecular complexity index is 882. The van der Waals surface area contributed by atoms with Crippen LogP contribution in [0.15, 0.2) is 48.5 Å². The molecule has 0 aromatic heterocycles. The number of carbonyl (C=O) groups is 3. The minimum Gasteiger partial charge on any atom is -0.479 e. The van der Waals surface area contributed by atoms with Gasteiger partial charge in [0.2, 0.25) is 11.8 Å². The number of nitrogens with one attached hydrogen (secondary N) is 2. The summed E-state index contributed by atoms with van der Waals surface area (Å²) < 4.78 is 5.46. The van der Waals surface area contributed by atoms with Crippen molar-refractivity contribution in [3.63, 3.8) is 0 Å². The van der Waals surface area contributed by atoms with E-state index in [0.717, 1.165) is 0 Å². The largest absolute Gasteiger partial charge is 0.479 e. The van der Waals surface area contributed by atoms with E-state index in [4.69, 9.17) is 4.74 Å². The summed E-state index contributed by atoms with van der Waals surface area (Å²) in [5, 5.41) is 5.54. The lowest BCUT2D eigenvalue weighted by Gasteiger charge is -2.25. The first-order valence-electron chi connectivity index (χ1n) is 8.37. The van der Waals surface area contributed by atoms with E-state index in [-0.39, 0.29) is 24.3 Å². The molecule has 0 radical (unpaired) electrons. The fraction of sp³-hybridized carbons (Fsp3) is 0.211. The Labute approximate surface area is 149 Å². The molecule has 2 aromatic rings. The highest BCUT2D eigenvalue weighted by atomic mass is 16.5. The predicted molar refractivity (Wildman–Crippen MR) is 96.1 cm³/mol. The van der Waals surface area contributed by atoms with E-state index in [0.29, 0.717) is 35.7 Å². The Hall–Kier alpha value is -3.35. The summed E-state index contributed by atoms with van der Waals surface area (Å²) >= 11 is 0. The number of para-hydroxylation sites is 2. The van der Waals surface area contributed by atoms with Crippen LogP contribution in [0.4, 0.5) is 17.1 Å². The van der Waals surface area contributed by atoms with Crippen molar-refractivity contribution in [3.8, 4) is 5.75 Å². The Morgan fingerprint density at radius 2 is 1.92 bits per heavy atom. The number of benzene rings is 2. The summed E-state index contributed by atoms with van der Waals surface area (Å²) in [6, 6.07) is 13.7. The first kappa shape index (κ1) is 16.1. The van der Waals surface area contributed by atoms with E-state index < -0.39 is 6.04 Å². The maximum atomic E-state index is 12.8. The zero-order valence-corrected chi connectivity index (χ0v) is 13.9. The average molecular weight is 351 g/mol. The molecule has 2 N–H and O–H groups in total. The van der Waals surface area contributed by atoms with E-state index in [9.17, 15) is 14.4 Å². The van der Waals surface area contributed by atoms with Crippen molar-refractivity contribution in [1.82, 2.24) is 0 Å². The minimum atomic E-state index is -0.584. The fourth-order valence-electron chi connectivity index (χ4n) is 3.27. The van der Waals surface area contributed by atoms with Crippen LogP contribution in [0.2, 0.25) is 0 Å². The highest BCUT2D eigenvalue weighted by Crippen LogP contribution is 2.36. The first-order chi connectivity index (χ1) is 12.6. The number of fused-ring (bicyclic) bond motifs is 1. The number of hydrogen-bond acceptors (Lipinski definition) is 4. The number of rotatable bonds is 3. The van der Waals surface area contributed by atoms with Crippen LogP contribution in [0.1, 0.15) is 12.8 Å². The monoisotopic (exact) mass is 351 g/mol. The number of anilines is 3. The molecule has 1 atom stereocenters. The van der Waals surface area contributed by atoms with E-state index in [1.165, 1.54) is 4.90 Å². The highest BCUT2D eigenvalue weighted by molar-refractivity contribution is 6.08. The van der Waals surface area contributed by atoms with Gasteiger partial charge in [0.15, 0.2) is 12.4 Å². The number of carbonyl (C=O) groups excluding carboxylic acids is 3. The van der Waals surface area contributed by atoms with Gasteiger partial charge in [0.25, 0.3) is 5.91 Å². The van der Waals surface area contributed by atoms with Crippen molar-refractivity contribution >= 4 is 34.8 Å². The van der Waals surface area contributed by atoms with Crippen LogP contribution >= 0.6 is 0 Å². The van der Waals surface area contributed by atoms with Crippen molar-refractivity contribution < 1.29 is 19.1 Å². The second kappa shape index (κ2) is 6.51. The molecule has 2 aliphatic rings. The molecule has 7 heteroatoms. The lowest BCUT2D eigenvalue weighted by atomic mass is 10.1. The summed E-state index contributed by atoms with van der Waals surface area (Å²) in [5.74, 6) is -0.169. The van der Waals surface area contributed by atoms with Gasteiger partial charge in [-0.05, 0) is 30.7 Å². The van der Waals surface area contributed by atoms with Gasteiger partial charge >= 0.3 is 0 Å². The summed E-state index contributed by atoms with van der Waals surface area (Å²) in [7, 11) is 0. The molecule has 2 aromatic carbocycles. The predicted octanol–water partition coefficient (Wildman–Crippen LogP) is 2.15. The van der Waals surface area contributed by atoms with Crippen LogP contribution < -0.4 is 20.3 Å². The van der Waals surface area contributed by atoms with E-state index >= 15 is 0 Å². The average Bonchev–Trinajstić information content (AvgIpc) is 3.04. The van der Waals surface area contributed by atoms with Gasteiger partial charge in [-0.3, -0.25) is 19.3 Å². The van der Waals surface area contributed by atoms with Gasteiger partial charge in [0, 0.05) is 12.1 Å². The molecule has 0 bridgehead atoms. The molecule has 0 aliphatic carbocycles. The zero-order valence-electron chi connectivity index (χ0n) is 13.9. The van der Waals surface area contributed by atoms with Crippen molar-refractivity contribution in [2.45, 2.75) is 18.9 Å². The Morgan fingerprint density at radius 1 is 1.12 bits per heavy atom. The maximum absolute atomic E-state index is 12.8. The lowest BCUT2D eigenvalue weighted by molar-refractivity contribution is -0.120. The van der Waals surface area contributed by atoms with Gasteiger partial charge in [-0.2, -0.15) is 0 Å². The SMILES string of the molecule is O=C1COc2c(cccc2NC(=O)C2CCC(=O)N2c2ccccc2)N1. The van der Waals surface area contributed by atoms with Crippen molar-refractivity contribution in [1.29, 1.82) is 0 Å². The lowest BCUT2D eigenvalue weighted by Crippen LogP contribution is -2.41. The molecular weight excluding hydrogens is 334 g/mol. The van der Waals surface area contributed by atoms with E-state index in [1.54, 1.807) is 18.2 Å². The van der Waals surface area contributed by atoms with Gasteiger partial charge in [-0.25, -0.2) is 0 Å². The van der Waals surface area contributed by atoms with Crippen molar-refractivity contribution in [3.05, 3.63) is 48.5 Å². The van der Waals surface area contributed by atoms with Crippen molar-refractivity contribution in [2.24, 2.45) is 0 Å². The van der Waals surface area contributed by atoms with Gasteiger partial charge in [-0.1, -0.05) is 24.3 Å². The molecular formula is C19H17N3O4. The van der Waals surface area contributed by atoms with Crippen LogP contribution in [-0.2, 0) is 14.4 Å². The number of ether oxygens (including phenoxy) is 1. The third-order valence-corrected chi connectivity index (χ3v) is 4.44. The second-order valence-corrected chi connectivity index (χ2v) is 6.16. The number of nitrogens with zero attached hydrogens (tertiary/aromatic N) is 1. The molecule has 26 heavy (non-hydrogen) atoms. The number of hydrogen-bond donors (Lipinski definition) is 2. The number of amides is 3. The molecule has 0 saturated carbocycles. The summed E-state index contributed by atoms with van der Waals surface area (Å²) in [5.41, 5.74) is 1.69. The molecule has 7 nitrogen and oxygen atoms in total. The first-order valence-corrected chi connectivity index (χ1v) is 8.37. The van der Waals surface area contributed by atoms with Crippen LogP contribution in [0.5, 0.6) is 5.75 Å². The van der Waals surface area contributed by atoms with Crippen molar-refractivity contribution in [2.75, 3.05) is 22.1 Å². The molecule has 1 saturated heterocycles. The summed E-state index contributed by atoms with van der Waals surface area (Å²) in [6.07, 6.45) is 0.776. The van der Waals surface area contributed by atoms with Crippen LogP contribution in [-0.4, -0.2) is 30.4 Å². The quantitative estimate of drug-likeness (QED) is 0.887. The van der Waals surface area contributed by atoms with Gasteiger partial charge in [0.05, 0.1) is 11.4 Å². The molecule has 4 rings (SSSR count). The molecule has 2 heterocycles. The van der Waals surface area contributed by atoms with Gasteiger partial charge in [0.1, 0.15) is 6.04 Å². The van der Waals surface area contributed by atoms with Gasteiger partial charge in [-0.15, -0.1) is 0 Å². The molecule has 1 fully saturated rings. The summed E-state index contributed by atoms with van der Waals surface area (Å²) in [4.78, 5) is 38.1. The molecule has 132 valence electrons. The molecule has 2 aliphatic heterocycles. The molecule has 1 unspecified atom stereocenters. The normalized spacial score (nSPS) is 18.8. The second-order valence-electron chi connectivity index (χ2n) is 6.16. The topological polar surface area (TPSA) is 87.7 Å². The third kappa shape index (κ3) is 2.88. The van der Waals surface area contributed by atoms with Gasteiger partial charge < -0.3 is 15.4 Å². The zero-order chi connectivity index (χ0) is 18.1. The Kier molecular flexibility index (Phi) is 4.04. The molecule has 0 spiro atoms. The standard InChI is InChI=1S/C19H17N3O4/c23-16-11-26-18-13(20-16)7-4-8-14(18)21-19(25)15-9-10-17(24)22(15)12-5-2-1-3-6-12/h1-8,15H,9-11H2,(H,20,23)(H,21,25). The van der Waals surface area contributed by atoms with Crippen LogP contribution in [0, 0.1) is 0 Å². The smallest absolute Gasteiger partial charge is 0.262 e. The fourth-order valence-corrected chi connectivity index (χ4v) is 3.27. The van der Waals surface area contributed by atoms with Crippen LogP contribution in [0.25, 0.3) is 0 Å². The maximum Gasteiger partial charge on any atom is 0.262 e. The summed E-state index contributed by atoms with van der Waals surface area (Å²) in [6.45, 7) is -0.0993. The Morgan fingerprint density at radius 3 is 2.73 bits per heavy atom. The molecule has 3 amide bonds.